The molecule has 80 valence electrons. The van der Waals surface area contributed by atoms with Crippen LogP contribution in [0.15, 0.2) is 30.6 Å². The summed E-state index contributed by atoms with van der Waals surface area (Å²) in [4.78, 5) is 22.5. The summed E-state index contributed by atoms with van der Waals surface area (Å²) >= 11 is 5.63. The number of rotatable bonds is 2. The predicted octanol–water partition coefficient (Wildman–Crippen LogP) is 1.89. The molecule has 2 heterocycles. The molecular weight excluding hydrogens is 230 g/mol. The van der Waals surface area contributed by atoms with Gasteiger partial charge in [0.25, 0.3) is 0 Å². The van der Waals surface area contributed by atoms with E-state index in [1.54, 1.807) is 24.4 Å². The van der Waals surface area contributed by atoms with Gasteiger partial charge in [0.05, 0.1) is 5.69 Å². The van der Waals surface area contributed by atoms with Gasteiger partial charge in [0, 0.05) is 12.4 Å². The largest absolute Gasteiger partial charge is 0.478 e. The van der Waals surface area contributed by atoms with Crippen LogP contribution in [-0.2, 0) is 0 Å². The second-order valence-corrected chi connectivity index (χ2v) is 3.26. The van der Waals surface area contributed by atoms with Crippen LogP contribution in [0.2, 0.25) is 5.28 Å². The Labute approximate surface area is 95.8 Å². The van der Waals surface area contributed by atoms with Gasteiger partial charge in [0.15, 0.2) is 0 Å². The van der Waals surface area contributed by atoms with Gasteiger partial charge < -0.3 is 5.11 Å². The third-order valence-corrected chi connectivity index (χ3v) is 2.08. The highest BCUT2D eigenvalue weighted by atomic mass is 35.5. The van der Waals surface area contributed by atoms with Crippen LogP contribution in [0.4, 0.5) is 0 Å². The van der Waals surface area contributed by atoms with Crippen molar-refractivity contribution in [1.29, 1.82) is 0 Å². The number of carbonyl (C=O) groups is 1. The average Bonchev–Trinajstić information content (AvgIpc) is 2.29. The Morgan fingerprint density at radius 2 is 2.12 bits per heavy atom. The fourth-order valence-electron chi connectivity index (χ4n) is 1.21. The van der Waals surface area contributed by atoms with Crippen molar-refractivity contribution in [2.45, 2.75) is 0 Å². The quantitative estimate of drug-likeness (QED) is 0.805. The third-order valence-electron chi connectivity index (χ3n) is 1.90. The first-order valence-corrected chi connectivity index (χ1v) is 4.73. The van der Waals surface area contributed by atoms with Crippen molar-refractivity contribution in [2.24, 2.45) is 0 Å². The van der Waals surface area contributed by atoms with Crippen LogP contribution in [0, 0.1) is 0 Å². The Morgan fingerprint density at radius 3 is 2.75 bits per heavy atom. The van der Waals surface area contributed by atoms with Gasteiger partial charge in [-0.15, -0.1) is 0 Å². The maximum atomic E-state index is 11.0. The number of carboxylic acid groups (broad SMARTS) is 1. The van der Waals surface area contributed by atoms with Crippen LogP contribution in [0.3, 0.4) is 0 Å². The number of nitrogens with zero attached hydrogens (tertiary/aromatic N) is 3. The lowest BCUT2D eigenvalue weighted by molar-refractivity contribution is 0.0697. The molecule has 0 spiro atoms. The standard InChI is InChI=1S/C10H6ClN3O2/c11-10-13-5-6(9(15)16)8(14-10)7-3-1-2-4-12-7/h1-5H,(H,15,16). The first kappa shape index (κ1) is 10.5. The SMILES string of the molecule is O=C(O)c1cnc(Cl)nc1-c1ccccn1. The van der Waals surface area contributed by atoms with Crippen molar-refractivity contribution in [3.8, 4) is 11.4 Å². The van der Waals surface area contributed by atoms with Crippen molar-refractivity contribution in [3.63, 3.8) is 0 Å². The van der Waals surface area contributed by atoms with E-state index in [0.717, 1.165) is 0 Å². The molecule has 1 N–H and O–H groups in total. The van der Waals surface area contributed by atoms with Gasteiger partial charge in [-0.2, -0.15) is 0 Å². The summed E-state index contributed by atoms with van der Waals surface area (Å²) in [6, 6.07) is 5.13. The maximum Gasteiger partial charge on any atom is 0.339 e. The lowest BCUT2D eigenvalue weighted by Gasteiger charge is -2.03. The molecule has 0 saturated heterocycles. The van der Waals surface area contributed by atoms with Gasteiger partial charge in [-0.1, -0.05) is 6.07 Å². The molecular formula is C10H6ClN3O2. The Balaban J connectivity index is 2.63. The third kappa shape index (κ3) is 1.99. The van der Waals surface area contributed by atoms with Crippen LogP contribution < -0.4 is 0 Å². The van der Waals surface area contributed by atoms with E-state index in [-0.39, 0.29) is 16.5 Å². The molecule has 6 heteroatoms. The number of halogens is 1. The fourth-order valence-corrected chi connectivity index (χ4v) is 1.35. The van der Waals surface area contributed by atoms with Crippen molar-refractivity contribution in [1.82, 2.24) is 15.0 Å². The van der Waals surface area contributed by atoms with Gasteiger partial charge >= 0.3 is 5.97 Å². The van der Waals surface area contributed by atoms with E-state index in [4.69, 9.17) is 16.7 Å². The summed E-state index contributed by atoms with van der Waals surface area (Å²) in [5, 5.41) is 8.96. The topological polar surface area (TPSA) is 76.0 Å². The zero-order chi connectivity index (χ0) is 11.5. The number of carboxylic acids is 1. The minimum absolute atomic E-state index is 0.00865. The lowest BCUT2D eigenvalue weighted by Crippen LogP contribution is -2.04. The molecule has 2 rings (SSSR count). The molecule has 0 unspecified atom stereocenters. The zero-order valence-corrected chi connectivity index (χ0v) is 8.72. The van der Waals surface area contributed by atoms with Gasteiger partial charge in [0.1, 0.15) is 11.3 Å². The second-order valence-electron chi connectivity index (χ2n) is 2.92. The van der Waals surface area contributed by atoms with Gasteiger partial charge in [-0.05, 0) is 23.7 Å². The van der Waals surface area contributed by atoms with Crippen LogP contribution in [0.1, 0.15) is 10.4 Å². The minimum Gasteiger partial charge on any atom is -0.478 e. The highest BCUT2D eigenvalue weighted by molar-refractivity contribution is 6.28. The molecule has 0 amide bonds. The lowest BCUT2D eigenvalue weighted by atomic mass is 10.1. The van der Waals surface area contributed by atoms with E-state index in [0.29, 0.717) is 5.69 Å². The van der Waals surface area contributed by atoms with Crippen LogP contribution in [0.5, 0.6) is 0 Å². The summed E-state index contributed by atoms with van der Waals surface area (Å²) < 4.78 is 0. The molecule has 0 aromatic carbocycles. The number of aromatic carboxylic acids is 1. The van der Waals surface area contributed by atoms with Gasteiger partial charge in [-0.3, -0.25) is 4.98 Å². The first-order chi connectivity index (χ1) is 7.68. The number of hydrogen-bond acceptors (Lipinski definition) is 4. The average molecular weight is 236 g/mol. The number of pyridine rings is 1. The van der Waals surface area contributed by atoms with E-state index in [1.807, 2.05) is 0 Å². The van der Waals surface area contributed by atoms with Crippen LogP contribution in [-0.4, -0.2) is 26.0 Å². The molecule has 0 fully saturated rings. The molecule has 2 aromatic heterocycles. The van der Waals surface area contributed by atoms with Crippen molar-refractivity contribution in [3.05, 3.63) is 41.4 Å². The molecule has 5 nitrogen and oxygen atoms in total. The predicted molar refractivity (Wildman–Crippen MR) is 57.2 cm³/mol. The Hall–Kier alpha value is -2.01. The normalized spacial score (nSPS) is 10.1. The van der Waals surface area contributed by atoms with Gasteiger partial charge in [-0.25, -0.2) is 14.8 Å². The van der Waals surface area contributed by atoms with Crippen molar-refractivity contribution in [2.75, 3.05) is 0 Å². The Bertz CT molecular complexity index is 531. The van der Waals surface area contributed by atoms with E-state index in [2.05, 4.69) is 15.0 Å². The molecule has 2 aromatic rings. The van der Waals surface area contributed by atoms with Crippen LogP contribution >= 0.6 is 11.6 Å². The van der Waals surface area contributed by atoms with Crippen molar-refractivity contribution < 1.29 is 9.90 Å². The zero-order valence-electron chi connectivity index (χ0n) is 7.96. The monoisotopic (exact) mass is 235 g/mol. The number of hydrogen-bond donors (Lipinski definition) is 1. The van der Waals surface area contributed by atoms with Crippen LogP contribution in [0.25, 0.3) is 11.4 Å². The minimum atomic E-state index is -1.11. The smallest absolute Gasteiger partial charge is 0.339 e. The molecule has 0 atom stereocenters. The number of aromatic nitrogens is 3. The Kier molecular flexibility index (Phi) is 2.78. The summed E-state index contributed by atoms with van der Waals surface area (Å²) in [5.74, 6) is -1.11. The highest BCUT2D eigenvalue weighted by Gasteiger charge is 2.15. The van der Waals surface area contributed by atoms with Crippen molar-refractivity contribution >= 4 is 17.6 Å². The molecule has 0 bridgehead atoms. The molecule has 0 aliphatic carbocycles. The molecule has 16 heavy (non-hydrogen) atoms. The highest BCUT2D eigenvalue weighted by Crippen LogP contribution is 2.19. The maximum absolute atomic E-state index is 11.0. The first-order valence-electron chi connectivity index (χ1n) is 4.35. The summed E-state index contributed by atoms with van der Waals surface area (Å²) in [5.41, 5.74) is 0.639. The van der Waals surface area contributed by atoms with Gasteiger partial charge in [0.2, 0.25) is 5.28 Å². The van der Waals surface area contributed by atoms with E-state index >= 15 is 0 Å². The summed E-state index contributed by atoms with van der Waals surface area (Å²) in [6.07, 6.45) is 2.72. The van der Waals surface area contributed by atoms with E-state index in [9.17, 15) is 4.79 Å². The molecule has 0 aliphatic heterocycles. The summed E-state index contributed by atoms with van der Waals surface area (Å²) in [6.45, 7) is 0. The molecule has 0 saturated carbocycles. The van der Waals surface area contributed by atoms with E-state index < -0.39 is 5.97 Å². The fraction of sp³-hybridized carbons (Fsp3) is 0. The van der Waals surface area contributed by atoms with E-state index in [1.165, 1.54) is 6.20 Å². The summed E-state index contributed by atoms with van der Waals surface area (Å²) in [7, 11) is 0. The Morgan fingerprint density at radius 1 is 1.31 bits per heavy atom. The molecule has 0 radical (unpaired) electrons. The second kappa shape index (κ2) is 4.24. The molecule has 0 aliphatic rings.